The number of ketones is 3. The van der Waals surface area contributed by atoms with Gasteiger partial charge < -0.3 is 5.73 Å². The first kappa shape index (κ1) is 18.2. The van der Waals surface area contributed by atoms with Crippen LogP contribution in [0.25, 0.3) is 0 Å². The highest BCUT2D eigenvalue weighted by molar-refractivity contribution is 6.43. The van der Waals surface area contributed by atoms with Crippen LogP contribution in [0, 0.1) is 5.92 Å². The summed E-state index contributed by atoms with van der Waals surface area (Å²) in [5, 5.41) is 0. The minimum absolute atomic E-state index is 0.0130. The summed E-state index contributed by atoms with van der Waals surface area (Å²) < 4.78 is 39.2. The number of benzene rings is 2. The lowest BCUT2D eigenvalue weighted by molar-refractivity contribution is -0.137. The molecule has 0 saturated carbocycles. The van der Waals surface area contributed by atoms with Crippen LogP contribution in [0.4, 0.5) is 18.9 Å². The van der Waals surface area contributed by atoms with E-state index in [4.69, 9.17) is 5.73 Å². The van der Waals surface area contributed by atoms with Gasteiger partial charge in [0.1, 0.15) is 0 Å². The van der Waals surface area contributed by atoms with Gasteiger partial charge in [0.2, 0.25) is 0 Å². The Hall–Kier alpha value is -3.81. The Kier molecular flexibility index (Phi) is 3.56. The van der Waals surface area contributed by atoms with Crippen molar-refractivity contribution in [2.45, 2.75) is 6.18 Å². The number of Topliss-reactive ketones (excluding diaryl/α,β-unsaturated/α-hetero) is 3. The van der Waals surface area contributed by atoms with Crippen LogP contribution in [-0.4, -0.2) is 23.1 Å². The Morgan fingerprint density at radius 3 is 2.13 bits per heavy atom. The molecule has 2 N–H and O–H groups in total. The molecule has 1 unspecified atom stereocenters. The van der Waals surface area contributed by atoms with E-state index in [1.54, 1.807) is 12.1 Å². The normalized spacial score (nSPS) is 20.1. The van der Waals surface area contributed by atoms with E-state index in [0.717, 1.165) is 18.2 Å². The molecule has 0 bridgehead atoms. The highest BCUT2D eigenvalue weighted by Gasteiger charge is 2.44. The van der Waals surface area contributed by atoms with Crippen molar-refractivity contribution >= 4 is 28.7 Å². The van der Waals surface area contributed by atoms with Crippen molar-refractivity contribution in [3.05, 3.63) is 87.6 Å². The monoisotopic (exact) mass is 408 g/mol. The predicted octanol–water partition coefficient (Wildman–Crippen LogP) is 3.82. The zero-order chi connectivity index (χ0) is 21.4. The summed E-state index contributed by atoms with van der Waals surface area (Å²) in [6, 6.07) is 8.90. The van der Waals surface area contributed by atoms with Gasteiger partial charge in [0.05, 0.1) is 34.0 Å². The van der Waals surface area contributed by atoms with Crippen LogP contribution >= 0.6 is 0 Å². The quantitative estimate of drug-likeness (QED) is 0.718. The molecule has 0 spiro atoms. The lowest BCUT2D eigenvalue weighted by Crippen LogP contribution is -2.39. The lowest BCUT2D eigenvalue weighted by atomic mass is 9.72. The van der Waals surface area contributed by atoms with Crippen LogP contribution in [-0.2, 0) is 6.18 Å². The highest BCUT2D eigenvalue weighted by Crippen LogP contribution is 2.42. The Bertz CT molecular complexity index is 1300. The number of rotatable bonds is 0. The Morgan fingerprint density at radius 1 is 0.867 bits per heavy atom. The van der Waals surface area contributed by atoms with Gasteiger partial charge in [0, 0.05) is 22.4 Å². The largest absolute Gasteiger partial charge is 0.416 e. The number of nitrogens with two attached hydrogens (primary N) is 1. The maximum Gasteiger partial charge on any atom is 0.416 e. The molecule has 30 heavy (non-hydrogen) atoms. The SMILES string of the molecule is NC1=CC2C(=O)c3cc(C(F)(F)F)ccc3N=C2C2=C1C(=O)c1ccccc1C2=O. The van der Waals surface area contributed by atoms with Crippen LogP contribution < -0.4 is 5.73 Å². The van der Waals surface area contributed by atoms with Crippen LogP contribution in [0.15, 0.2) is 70.4 Å². The van der Waals surface area contributed by atoms with E-state index in [1.807, 2.05) is 0 Å². The predicted molar refractivity (Wildman–Crippen MR) is 101 cm³/mol. The highest BCUT2D eigenvalue weighted by atomic mass is 19.4. The fourth-order valence-electron chi connectivity index (χ4n) is 4.02. The average molecular weight is 408 g/mol. The molecule has 0 saturated heterocycles. The first-order chi connectivity index (χ1) is 14.2. The van der Waals surface area contributed by atoms with Crippen molar-refractivity contribution in [3.8, 4) is 0 Å². The summed E-state index contributed by atoms with van der Waals surface area (Å²) in [4.78, 5) is 43.5. The van der Waals surface area contributed by atoms with Crippen molar-refractivity contribution in [2.75, 3.05) is 0 Å². The van der Waals surface area contributed by atoms with Gasteiger partial charge in [0.15, 0.2) is 17.3 Å². The molecule has 5 rings (SSSR count). The van der Waals surface area contributed by atoms with E-state index in [-0.39, 0.29) is 44.9 Å². The molecule has 2 aliphatic carbocycles. The number of allylic oxidation sites excluding steroid dienone is 3. The maximum absolute atomic E-state index is 13.2. The van der Waals surface area contributed by atoms with E-state index >= 15 is 0 Å². The standard InChI is InChI=1S/C22H11F3N2O3/c23-22(24,25)9-5-6-15-12(7-9)19(28)13-8-14(26)16-17(18(13)27-15)21(30)11-4-2-1-3-10(11)20(16)29/h1-8,13H,26H2. The molecule has 148 valence electrons. The van der Waals surface area contributed by atoms with Gasteiger partial charge in [-0.3, -0.25) is 19.4 Å². The Labute approximate surface area is 167 Å². The van der Waals surface area contributed by atoms with Gasteiger partial charge in [-0.15, -0.1) is 0 Å². The molecule has 8 heteroatoms. The van der Waals surface area contributed by atoms with Gasteiger partial charge in [-0.2, -0.15) is 13.2 Å². The summed E-state index contributed by atoms with van der Waals surface area (Å²) in [5.74, 6) is -2.75. The third-order valence-corrected chi connectivity index (χ3v) is 5.42. The second-order valence-electron chi connectivity index (χ2n) is 7.14. The summed E-state index contributed by atoms with van der Waals surface area (Å²) in [5.41, 5.74) is 5.11. The zero-order valence-electron chi connectivity index (χ0n) is 15.1. The summed E-state index contributed by atoms with van der Waals surface area (Å²) in [6.07, 6.45) is -3.34. The third kappa shape index (κ3) is 2.36. The first-order valence-electron chi connectivity index (χ1n) is 8.93. The number of carbonyl (C=O) groups is 3. The first-order valence-corrected chi connectivity index (χ1v) is 8.93. The van der Waals surface area contributed by atoms with Crippen LogP contribution in [0.5, 0.6) is 0 Å². The summed E-state index contributed by atoms with van der Waals surface area (Å²) >= 11 is 0. The molecular weight excluding hydrogens is 397 g/mol. The maximum atomic E-state index is 13.2. The number of hydrogen-bond acceptors (Lipinski definition) is 5. The van der Waals surface area contributed by atoms with Crippen molar-refractivity contribution in [1.82, 2.24) is 0 Å². The van der Waals surface area contributed by atoms with E-state index in [2.05, 4.69) is 4.99 Å². The summed E-state index contributed by atoms with van der Waals surface area (Å²) in [6.45, 7) is 0. The van der Waals surface area contributed by atoms with Gasteiger partial charge in [-0.25, -0.2) is 0 Å². The number of nitrogens with zero attached hydrogens (tertiary/aromatic N) is 1. The molecule has 3 aliphatic rings. The topological polar surface area (TPSA) is 89.6 Å². The molecule has 1 aliphatic heterocycles. The molecule has 2 aromatic carbocycles. The van der Waals surface area contributed by atoms with Crippen LogP contribution in [0.1, 0.15) is 36.6 Å². The molecule has 1 atom stereocenters. The average Bonchev–Trinajstić information content (AvgIpc) is 2.71. The molecule has 5 nitrogen and oxygen atoms in total. The molecule has 0 aromatic heterocycles. The van der Waals surface area contributed by atoms with Crippen molar-refractivity contribution in [3.63, 3.8) is 0 Å². The van der Waals surface area contributed by atoms with Crippen molar-refractivity contribution in [1.29, 1.82) is 0 Å². The molecule has 2 aromatic rings. The number of carbonyl (C=O) groups excluding carboxylic acids is 3. The van der Waals surface area contributed by atoms with Crippen molar-refractivity contribution < 1.29 is 27.6 Å². The number of fused-ring (bicyclic) bond motifs is 4. The van der Waals surface area contributed by atoms with Crippen LogP contribution in [0.2, 0.25) is 0 Å². The molecule has 0 fully saturated rings. The van der Waals surface area contributed by atoms with E-state index in [9.17, 15) is 27.6 Å². The number of alkyl halides is 3. The van der Waals surface area contributed by atoms with E-state index in [0.29, 0.717) is 0 Å². The van der Waals surface area contributed by atoms with E-state index in [1.165, 1.54) is 18.2 Å². The van der Waals surface area contributed by atoms with Gasteiger partial charge >= 0.3 is 6.18 Å². The molecule has 0 radical (unpaired) electrons. The molecular formula is C22H11F3N2O3. The fourth-order valence-corrected chi connectivity index (χ4v) is 4.02. The zero-order valence-corrected chi connectivity index (χ0v) is 15.1. The molecule has 1 heterocycles. The second kappa shape index (κ2) is 5.85. The lowest BCUT2D eigenvalue weighted by Gasteiger charge is -2.31. The number of aliphatic imine (C=N–C) groups is 1. The Morgan fingerprint density at radius 2 is 1.50 bits per heavy atom. The minimum Gasteiger partial charge on any atom is -0.398 e. The summed E-state index contributed by atoms with van der Waals surface area (Å²) in [7, 11) is 0. The minimum atomic E-state index is -4.62. The number of halogens is 3. The number of hydrogen-bond donors (Lipinski definition) is 1. The molecule has 0 amide bonds. The van der Waals surface area contributed by atoms with Crippen LogP contribution in [0.3, 0.4) is 0 Å². The van der Waals surface area contributed by atoms with Gasteiger partial charge in [0.25, 0.3) is 0 Å². The van der Waals surface area contributed by atoms with Crippen molar-refractivity contribution in [2.24, 2.45) is 16.6 Å². The van der Waals surface area contributed by atoms with Gasteiger partial charge in [-0.05, 0) is 24.3 Å². The van der Waals surface area contributed by atoms with Gasteiger partial charge in [-0.1, -0.05) is 24.3 Å². The van der Waals surface area contributed by atoms with E-state index < -0.39 is 35.0 Å². The fraction of sp³-hybridized carbons (Fsp3) is 0.0909. The second-order valence-corrected chi connectivity index (χ2v) is 7.14. The third-order valence-electron chi connectivity index (χ3n) is 5.42. The smallest absolute Gasteiger partial charge is 0.398 e. The Balaban J connectivity index is 1.74.